The van der Waals surface area contributed by atoms with Gasteiger partial charge in [0, 0.05) is 39.3 Å². The van der Waals surface area contributed by atoms with Gasteiger partial charge in [-0.1, -0.05) is 72.7 Å². The van der Waals surface area contributed by atoms with Crippen LogP contribution >= 0.6 is 24.8 Å². The normalized spacial score (nSPS) is 12.2. The Balaban J connectivity index is -0.000000195. The molecule has 0 aliphatic heterocycles. The Morgan fingerprint density at radius 1 is 1.07 bits per heavy atom. The predicted molar refractivity (Wildman–Crippen MR) is 144 cm³/mol. The van der Waals surface area contributed by atoms with E-state index in [9.17, 15) is 5.11 Å². The number of aromatic hydroxyl groups is 1. The molecule has 1 aromatic rings. The minimum absolute atomic E-state index is 0. The van der Waals surface area contributed by atoms with Crippen LogP contribution in [0.5, 0.6) is 5.75 Å². The molecule has 7 heteroatoms. The molecule has 2 rings (SSSR count). The summed E-state index contributed by atoms with van der Waals surface area (Å²) < 4.78 is 0. The van der Waals surface area contributed by atoms with E-state index >= 15 is 0 Å². The second-order valence-electron chi connectivity index (χ2n) is 9.40. The molecule has 171 valence electrons. The maximum Gasteiger partial charge on any atom is 0.115 e. The van der Waals surface area contributed by atoms with Crippen LogP contribution in [0, 0.1) is 13.0 Å². The van der Waals surface area contributed by atoms with Crippen molar-refractivity contribution in [3.05, 3.63) is 46.7 Å². The Bertz CT molecular complexity index is 662. The Hall–Kier alpha value is 0.445. The number of phenolic OH excluding ortho intramolecular Hbond substituents is 1. The molecule has 0 atom stereocenters. The third kappa shape index (κ3) is 13.8. The Morgan fingerprint density at radius 3 is 1.80 bits per heavy atom. The van der Waals surface area contributed by atoms with Crippen LogP contribution in [0.4, 0.5) is 0 Å². The van der Waals surface area contributed by atoms with E-state index in [1.165, 1.54) is 15.9 Å². The second-order valence-corrected chi connectivity index (χ2v) is 17.9. The fraction of sp³-hybridized carbons (Fsp3) is 0.565. The van der Waals surface area contributed by atoms with Crippen LogP contribution in [0.1, 0.15) is 38.3 Å². The van der Waals surface area contributed by atoms with Crippen LogP contribution in [-0.2, 0) is 27.1 Å². The summed E-state index contributed by atoms with van der Waals surface area (Å²) in [5.74, 6) is 0.485. The summed E-state index contributed by atoms with van der Waals surface area (Å²) in [6.45, 7) is 24.5. The first-order valence-electron chi connectivity index (χ1n) is 9.76. The van der Waals surface area contributed by atoms with Gasteiger partial charge in [-0.15, -0.1) is 31.2 Å². The van der Waals surface area contributed by atoms with Crippen molar-refractivity contribution in [1.29, 1.82) is 0 Å². The van der Waals surface area contributed by atoms with Gasteiger partial charge in [0.25, 0.3) is 0 Å². The zero-order valence-corrected chi connectivity index (χ0v) is 27.0. The van der Waals surface area contributed by atoms with E-state index in [4.69, 9.17) is 0 Å². The number of rotatable bonds is 2. The zero-order chi connectivity index (χ0) is 21.4. The maximum absolute atomic E-state index is 10.0. The largest absolute Gasteiger partial charge is 0.508 e. The summed E-state index contributed by atoms with van der Waals surface area (Å²) in [5, 5.41) is 12.7. The number of aryl methyl sites for hydroxylation is 1. The molecule has 1 aliphatic rings. The molecular formula is C23H42Cl2OSi3Ti-. The molecule has 3 radical (unpaired) electrons. The molecule has 30 heavy (non-hydrogen) atoms. The second kappa shape index (κ2) is 17.0. The van der Waals surface area contributed by atoms with Crippen LogP contribution in [0.15, 0.2) is 29.5 Å². The van der Waals surface area contributed by atoms with Crippen LogP contribution in [0.25, 0.3) is 0 Å². The van der Waals surface area contributed by atoms with Crippen molar-refractivity contribution in [2.24, 2.45) is 0 Å². The molecule has 0 fully saturated rings. The molecule has 0 saturated heterocycles. The summed E-state index contributed by atoms with van der Waals surface area (Å²) >= 11 is 0. The van der Waals surface area contributed by atoms with E-state index in [0.717, 1.165) is 21.5 Å². The van der Waals surface area contributed by atoms with Gasteiger partial charge in [-0.25, -0.2) is 11.3 Å². The fourth-order valence-electron chi connectivity index (χ4n) is 2.80. The molecule has 0 heterocycles. The fourth-order valence-corrected chi connectivity index (χ4v) is 5.62. The van der Waals surface area contributed by atoms with Gasteiger partial charge in [0.05, 0.1) is 8.80 Å². The first kappa shape index (κ1) is 37.7. The van der Waals surface area contributed by atoms with Gasteiger partial charge in [-0.05, 0) is 34.7 Å². The molecule has 0 bridgehead atoms. The first-order chi connectivity index (χ1) is 12.3. The number of phenols is 1. The number of benzene rings is 1. The third-order valence-corrected chi connectivity index (χ3v) is 7.56. The minimum Gasteiger partial charge on any atom is -0.508 e. The molecule has 0 saturated carbocycles. The Labute approximate surface area is 219 Å². The molecule has 1 aromatic carbocycles. The van der Waals surface area contributed by atoms with Gasteiger partial charge in [-0.2, -0.15) is 6.08 Å². The monoisotopic (exact) mass is 536 g/mol. The third-order valence-electron chi connectivity index (χ3n) is 4.07. The van der Waals surface area contributed by atoms with E-state index in [-0.39, 0.29) is 51.9 Å². The van der Waals surface area contributed by atoms with Crippen LogP contribution in [0.3, 0.4) is 0 Å². The standard InChI is InChI=1S/C13H21OSi.C8H13Si.C2H6Si.2ClH.Ti/c1-9-7-10(13(2,3)4)12(15(5)6)11(14)8-9;1-9(2,3)8-6-4-5-7-8;1-3-2;;;/h7-8,14H,1-6H3;4,6H,5H2,1-3H3;1-2H3;2*1H;/q;-1;;;;. The van der Waals surface area contributed by atoms with Crippen molar-refractivity contribution >= 4 is 56.4 Å². The van der Waals surface area contributed by atoms with E-state index in [0.29, 0.717) is 5.75 Å². The summed E-state index contributed by atoms with van der Waals surface area (Å²) in [7, 11) is -0.543. The first-order valence-corrected chi connectivity index (χ1v) is 17.8. The van der Waals surface area contributed by atoms with Gasteiger partial charge >= 0.3 is 0 Å². The molecule has 1 nitrogen and oxygen atoms in total. The number of hydrogen-bond acceptors (Lipinski definition) is 1. The minimum atomic E-state index is -1.01. The van der Waals surface area contributed by atoms with E-state index < -0.39 is 16.9 Å². The molecule has 0 aromatic heterocycles. The molecule has 1 N–H and O–H groups in total. The average molecular weight is 538 g/mol. The molecular weight excluding hydrogens is 495 g/mol. The van der Waals surface area contributed by atoms with Crippen molar-refractivity contribution in [2.45, 2.75) is 85.4 Å². The van der Waals surface area contributed by atoms with Crippen LogP contribution < -0.4 is 5.19 Å². The predicted octanol–water partition coefficient (Wildman–Crippen LogP) is 7.14. The van der Waals surface area contributed by atoms with Gasteiger partial charge < -0.3 is 5.11 Å². The van der Waals surface area contributed by atoms with Crippen LogP contribution in [-0.4, -0.2) is 31.5 Å². The maximum atomic E-state index is 10.0. The molecule has 0 unspecified atom stereocenters. The smallest absolute Gasteiger partial charge is 0.115 e. The van der Waals surface area contributed by atoms with Gasteiger partial charge in [0.2, 0.25) is 0 Å². The number of halogens is 2. The van der Waals surface area contributed by atoms with E-state index in [2.05, 4.69) is 90.9 Å². The van der Waals surface area contributed by atoms with Crippen molar-refractivity contribution in [3.8, 4) is 5.75 Å². The molecule has 0 amide bonds. The Morgan fingerprint density at radius 2 is 1.53 bits per heavy atom. The van der Waals surface area contributed by atoms with Gasteiger partial charge in [0.15, 0.2) is 0 Å². The Kier molecular flexibility index (Phi) is 21.4. The topological polar surface area (TPSA) is 20.2 Å². The summed E-state index contributed by atoms with van der Waals surface area (Å²) in [4.78, 5) is 0. The van der Waals surface area contributed by atoms with Crippen molar-refractivity contribution in [2.75, 3.05) is 0 Å². The average Bonchev–Trinajstić information content (AvgIpc) is 3.00. The van der Waals surface area contributed by atoms with Crippen LogP contribution in [0.2, 0.25) is 45.8 Å². The molecule has 0 spiro atoms. The summed E-state index contributed by atoms with van der Waals surface area (Å²) in [5.41, 5.74) is 2.56. The van der Waals surface area contributed by atoms with E-state index in [1.54, 1.807) is 0 Å². The zero-order valence-electron chi connectivity index (χ0n) is 20.8. The van der Waals surface area contributed by atoms with E-state index in [1.807, 2.05) is 13.0 Å². The summed E-state index contributed by atoms with van der Waals surface area (Å²) in [6.07, 6.45) is 8.82. The van der Waals surface area contributed by atoms with Crippen molar-refractivity contribution < 1.29 is 26.8 Å². The molecule has 1 aliphatic carbocycles. The van der Waals surface area contributed by atoms with Gasteiger partial charge in [-0.3, -0.25) is 6.08 Å². The quantitative estimate of drug-likeness (QED) is 0.314. The number of allylic oxidation sites excluding steroid dienone is 4. The SMILES string of the molecule is C[Si](C)(C)C1=[C-]CC=C1.C[Si]C.Cc1cc(O)c([Si](C)C)c(C(C)(C)C)c1.Cl.Cl.[Ti]. The van der Waals surface area contributed by atoms with Crippen molar-refractivity contribution in [3.63, 3.8) is 0 Å². The number of hydrogen-bond donors (Lipinski definition) is 1. The van der Waals surface area contributed by atoms with Crippen molar-refractivity contribution in [1.82, 2.24) is 0 Å². The van der Waals surface area contributed by atoms with Gasteiger partial charge in [0.1, 0.15) is 5.75 Å². The summed E-state index contributed by atoms with van der Waals surface area (Å²) in [6, 6.07) is 4.09.